The Balaban J connectivity index is 1.73. The maximum atomic E-state index is 12.7. The third-order valence-electron chi connectivity index (χ3n) is 5.90. The van der Waals surface area contributed by atoms with Crippen LogP contribution in [0.25, 0.3) is 0 Å². The zero-order valence-corrected chi connectivity index (χ0v) is 15.9. The Morgan fingerprint density at radius 2 is 2.04 bits per heavy atom. The summed E-state index contributed by atoms with van der Waals surface area (Å²) in [7, 11) is 1.84. The van der Waals surface area contributed by atoms with E-state index in [9.17, 15) is 14.4 Å². The molecule has 7 nitrogen and oxygen atoms in total. The van der Waals surface area contributed by atoms with Crippen molar-refractivity contribution < 1.29 is 9.59 Å². The maximum Gasteiger partial charge on any atom is 0.257 e. The summed E-state index contributed by atoms with van der Waals surface area (Å²) in [6.45, 7) is 4.63. The van der Waals surface area contributed by atoms with Gasteiger partial charge in [-0.1, -0.05) is 19.8 Å². The number of fused-ring (bicyclic) bond motifs is 1. The molecule has 26 heavy (non-hydrogen) atoms. The van der Waals surface area contributed by atoms with E-state index in [0.29, 0.717) is 36.7 Å². The molecular weight excluding hydrogens is 332 g/mol. The molecule has 2 aliphatic rings. The normalized spacial score (nSPS) is 22.7. The molecule has 3 rings (SSSR count). The van der Waals surface area contributed by atoms with Crippen LogP contribution in [0.15, 0.2) is 11.1 Å². The summed E-state index contributed by atoms with van der Waals surface area (Å²) in [5, 5.41) is 0. The Kier molecular flexibility index (Phi) is 5.44. The Morgan fingerprint density at radius 1 is 1.31 bits per heavy atom. The van der Waals surface area contributed by atoms with Crippen LogP contribution in [0.4, 0.5) is 0 Å². The van der Waals surface area contributed by atoms with E-state index in [-0.39, 0.29) is 30.0 Å². The lowest BCUT2D eigenvalue weighted by molar-refractivity contribution is -0.134. The number of likely N-dealkylation sites (N-methyl/N-ethyl adjacent to an activating group) is 1. The minimum absolute atomic E-state index is 0.0139. The molecule has 2 heterocycles. The molecule has 1 aliphatic carbocycles. The monoisotopic (exact) mass is 360 g/mol. The summed E-state index contributed by atoms with van der Waals surface area (Å²) in [5.41, 5.74) is 1.12. The van der Waals surface area contributed by atoms with Gasteiger partial charge in [-0.05, 0) is 25.2 Å². The molecule has 1 aromatic rings. The van der Waals surface area contributed by atoms with Crippen LogP contribution in [0.1, 0.15) is 50.8 Å². The molecule has 0 bridgehead atoms. The number of aromatic nitrogens is 2. The van der Waals surface area contributed by atoms with Crippen molar-refractivity contribution in [2.75, 3.05) is 13.6 Å². The van der Waals surface area contributed by atoms with Gasteiger partial charge in [-0.2, -0.15) is 0 Å². The summed E-state index contributed by atoms with van der Waals surface area (Å²) in [5.74, 6) is 0.433. The van der Waals surface area contributed by atoms with Crippen molar-refractivity contribution in [2.24, 2.45) is 5.92 Å². The van der Waals surface area contributed by atoms with Gasteiger partial charge >= 0.3 is 0 Å². The molecule has 2 amide bonds. The van der Waals surface area contributed by atoms with E-state index in [1.807, 2.05) is 11.9 Å². The van der Waals surface area contributed by atoms with Gasteiger partial charge in [0, 0.05) is 32.1 Å². The number of rotatable bonds is 3. The van der Waals surface area contributed by atoms with Crippen LogP contribution < -0.4 is 5.56 Å². The summed E-state index contributed by atoms with van der Waals surface area (Å²) < 4.78 is 1.41. The van der Waals surface area contributed by atoms with Gasteiger partial charge in [0.25, 0.3) is 5.56 Å². The molecule has 0 radical (unpaired) electrons. The van der Waals surface area contributed by atoms with Crippen molar-refractivity contribution in [3.63, 3.8) is 0 Å². The quantitative estimate of drug-likeness (QED) is 0.811. The number of hydrogen-bond donors (Lipinski definition) is 0. The number of nitrogens with zero attached hydrogens (tertiary/aromatic N) is 4. The van der Waals surface area contributed by atoms with E-state index in [1.54, 1.807) is 4.90 Å². The van der Waals surface area contributed by atoms with Crippen LogP contribution in [0, 0.1) is 5.92 Å². The Hall–Kier alpha value is -2.18. The van der Waals surface area contributed by atoms with Gasteiger partial charge < -0.3 is 9.80 Å². The molecule has 1 aromatic heterocycles. The number of amides is 2. The van der Waals surface area contributed by atoms with Gasteiger partial charge in [-0.3, -0.25) is 19.0 Å². The van der Waals surface area contributed by atoms with Crippen LogP contribution in [-0.2, 0) is 29.1 Å². The summed E-state index contributed by atoms with van der Waals surface area (Å²) >= 11 is 0. The van der Waals surface area contributed by atoms with Crippen LogP contribution in [0.5, 0.6) is 0 Å². The van der Waals surface area contributed by atoms with E-state index in [1.165, 1.54) is 24.2 Å². The van der Waals surface area contributed by atoms with E-state index in [4.69, 9.17) is 0 Å². The third-order valence-corrected chi connectivity index (χ3v) is 5.90. The van der Waals surface area contributed by atoms with Crippen molar-refractivity contribution in [1.82, 2.24) is 19.4 Å². The van der Waals surface area contributed by atoms with Gasteiger partial charge in [-0.25, -0.2) is 4.98 Å². The second-order valence-electron chi connectivity index (χ2n) is 7.63. The lowest BCUT2D eigenvalue weighted by atomic mass is 9.85. The number of carbonyl (C=O) groups is 2. The molecule has 0 saturated heterocycles. The molecule has 1 fully saturated rings. The minimum atomic E-state index is -0.156. The zero-order chi connectivity index (χ0) is 18.8. The lowest BCUT2D eigenvalue weighted by Crippen LogP contribution is -2.45. The zero-order valence-electron chi connectivity index (χ0n) is 15.9. The molecular formula is C19H28N4O3. The second-order valence-corrected chi connectivity index (χ2v) is 7.63. The van der Waals surface area contributed by atoms with E-state index >= 15 is 0 Å². The summed E-state index contributed by atoms with van der Waals surface area (Å²) in [6.07, 6.45) is 6.49. The van der Waals surface area contributed by atoms with Crippen molar-refractivity contribution >= 4 is 11.8 Å². The van der Waals surface area contributed by atoms with Gasteiger partial charge in [0.2, 0.25) is 11.8 Å². The fraction of sp³-hybridized carbons (Fsp3) is 0.684. The first-order valence-electron chi connectivity index (χ1n) is 9.47. The highest BCUT2D eigenvalue weighted by Gasteiger charge is 2.28. The van der Waals surface area contributed by atoms with Crippen LogP contribution in [0.3, 0.4) is 0 Å². The first-order valence-corrected chi connectivity index (χ1v) is 9.47. The molecule has 7 heteroatoms. The van der Waals surface area contributed by atoms with E-state index in [0.717, 1.165) is 19.3 Å². The summed E-state index contributed by atoms with van der Waals surface area (Å²) in [4.78, 5) is 44.8. The average Bonchev–Trinajstić information content (AvgIpc) is 2.63. The van der Waals surface area contributed by atoms with Gasteiger partial charge in [0.1, 0.15) is 6.54 Å². The summed E-state index contributed by atoms with van der Waals surface area (Å²) in [6, 6.07) is 0.252. The smallest absolute Gasteiger partial charge is 0.257 e. The second kappa shape index (κ2) is 7.60. The molecule has 1 saturated carbocycles. The Labute approximate surface area is 154 Å². The van der Waals surface area contributed by atoms with Gasteiger partial charge in [0.15, 0.2) is 0 Å². The largest absolute Gasteiger partial charge is 0.341 e. The predicted octanol–water partition coefficient (Wildman–Crippen LogP) is 1.19. The van der Waals surface area contributed by atoms with Crippen LogP contribution in [-0.4, -0.2) is 50.8 Å². The first-order chi connectivity index (χ1) is 12.4. The van der Waals surface area contributed by atoms with Crippen LogP contribution in [0.2, 0.25) is 0 Å². The van der Waals surface area contributed by atoms with E-state index in [2.05, 4.69) is 11.9 Å². The SMILES string of the molecule is CC(=O)N1CCc2c(ncn(CC(=O)N(C)[C@@H]3CCCC[C@@H]3C)c2=O)C1. The fourth-order valence-corrected chi connectivity index (χ4v) is 4.16. The van der Waals surface area contributed by atoms with Crippen molar-refractivity contribution in [2.45, 2.75) is 65.1 Å². The number of carbonyl (C=O) groups excluding carboxylic acids is 2. The number of hydrogen-bond acceptors (Lipinski definition) is 4. The standard InChI is InChI=1S/C19H28N4O3/c1-13-6-4-5-7-17(13)21(3)18(25)11-23-12-20-16-10-22(14(2)24)9-8-15(16)19(23)26/h12-13,17H,4-11H2,1-3H3/t13-,17+/m0/s1. The van der Waals surface area contributed by atoms with E-state index < -0.39 is 0 Å². The Morgan fingerprint density at radius 3 is 2.73 bits per heavy atom. The Bertz CT molecular complexity index is 758. The minimum Gasteiger partial charge on any atom is -0.341 e. The molecule has 0 spiro atoms. The average molecular weight is 360 g/mol. The van der Waals surface area contributed by atoms with Crippen molar-refractivity contribution in [1.29, 1.82) is 0 Å². The highest BCUT2D eigenvalue weighted by atomic mass is 16.2. The maximum absolute atomic E-state index is 12.7. The molecule has 0 aromatic carbocycles. The molecule has 0 unspecified atom stereocenters. The highest BCUT2D eigenvalue weighted by Crippen LogP contribution is 2.27. The van der Waals surface area contributed by atoms with Gasteiger partial charge in [0.05, 0.1) is 18.6 Å². The topological polar surface area (TPSA) is 75.5 Å². The van der Waals surface area contributed by atoms with Crippen molar-refractivity contribution in [3.8, 4) is 0 Å². The molecule has 0 N–H and O–H groups in total. The van der Waals surface area contributed by atoms with Crippen LogP contribution >= 0.6 is 0 Å². The first kappa shape index (κ1) is 18.6. The lowest BCUT2D eigenvalue weighted by Gasteiger charge is -2.36. The third kappa shape index (κ3) is 3.66. The highest BCUT2D eigenvalue weighted by molar-refractivity contribution is 5.76. The fourth-order valence-electron chi connectivity index (χ4n) is 4.16. The molecule has 2 atom stereocenters. The van der Waals surface area contributed by atoms with Crippen molar-refractivity contribution in [3.05, 3.63) is 27.9 Å². The molecule has 142 valence electrons. The van der Waals surface area contributed by atoms with Gasteiger partial charge in [-0.15, -0.1) is 0 Å². The predicted molar refractivity (Wildman–Crippen MR) is 97.5 cm³/mol. The molecule has 1 aliphatic heterocycles.